The number of rotatable bonds is 0. The molecule has 0 aliphatic carbocycles. The van der Waals surface area contributed by atoms with Gasteiger partial charge in [0.1, 0.15) is 5.72 Å². The van der Waals surface area contributed by atoms with Gasteiger partial charge in [0.25, 0.3) is 0 Å². The zero-order valence-electron chi connectivity index (χ0n) is 7.32. The van der Waals surface area contributed by atoms with Crippen molar-refractivity contribution in [3.63, 3.8) is 0 Å². The molecule has 2 fully saturated rings. The highest BCUT2D eigenvalue weighted by molar-refractivity contribution is 5.01. The van der Waals surface area contributed by atoms with E-state index in [0.717, 1.165) is 0 Å². The van der Waals surface area contributed by atoms with E-state index >= 15 is 0 Å². The molecule has 0 aromatic carbocycles. The quantitative estimate of drug-likeness (QED) is 0.458. The maximum atomic E-state index is 9.60. The zero-order chi connectivity index (χ0) is 8.93. The van der Waals surface area contributed by atoms with Crippen LogP contribution >= 0.6 is 0 Å². The molecule has 2 rings (SSSR count). The number of aliphatic hydroxyl groups excluding tert-OH is 2. The van der Waals surface area contributed by atoms with Crippen molar-refractivity contribution in [3.05, 3.63) is 0 Å². The largest absolute Gasteiger partial charge is 0.389 e. The van der Waals surface area contributed by atoms with Gasteiger partial charge in [-0.05, 0) is 13.3 Å². The van der Waals surface area contributed by atoms with Crippen LogP contribution in [0.3, 0.4) is 0 Å². The summed E-state index contributed by atoms with van der Waals surface area (Å²) in [7, 11) is 0. The van der Waals surface area contributed by atoms with Crippen LogP contribution in [0, 0.1) is 5.92 Å². The van der Waals surface area contributed by atoms with E-state index in [9.17, 15) is 10.2 Å². The molecule has 0 aromatic rings. The average Bonchev–Trinajstić information content (AvgIpc) is 2.22. The van der Waals surface area contributed by atoms with Gasteiger partial charge in [-0.3, -0.25) is 5.32 Å². The van der Waals surface area contributed by atoms with Crippen LogP contribution in [0.5, 0.6) is 0 Å². The van der Waals surface area contributed by atoms with Crippen molar-refractivity contribution >= 4 is 0 Å². The van der Waals surface area contributed by atoms with E-state index in [4.69, 9.17) is 4.74 Å². The fourth-order valence-corrected chi connectivity index (χ4v) is 2.00. The lowest BCUT2D eigenvalue weighted by Crippen LogP contribution is -2.58. The number of nitrogens with one attached hydrogen (secondary N) is 1. The first-order valence-electron chi connectivity index (χ1n) is 4.34. The summed E-state index contributed by atoms with van der Waals surface area (Å²) in [5.74, 6) is 0.0511. The standard InChI is InChI=1S/C8H15NO3/c1-4-5-3-6(10)8(2,9-5)12-7(4)11/h4-7,9-11H,3H2,1-2H3. The first-order chi connectivity index (χ1) is 5.53. The Morgan fingerprint density at radius 2 is 2.17 bits per heavy atom. The Hall–Kier alpha value is -0.160. The van der Waals surface area contributed by atoms with Gasteiger partial charge in [-0.25, -0.2) is 0 Å². The van der Waals surface area contributed by atoms with Gasteiger partial charge in [-0.15, -0.1) is 0 Å². The summed E-state index contributed by atoms with van der Waals surface area (Å²) >= 11 is 0. The van der Waals surface area contributed by atoms with Gasteiger partial charge in [-0.1, -0.05) is 6.92 Å². The molecule has 2 heterocycles. The predicted molar refractivity (Wildman–Crippen MR) is 42.2 cm³/mol. The molecule has 2 aliphatic rings. The normalized spacial score (nSPS) is 59.0. The third kappa shape index (κ3) is 0.992. The second kappa shape index (κ2) is 2.42. The first kappa shape index (κ1) is 8.44. The highest BCUT2D eigenvalue weighted by Crippen LogP contribution is 2.36. The molecule has 3 N–H and O–H groups in total. The Labute approximate surface area is 71.5 Å². The van der Waals surface area contributed by atoms with Gasteiger partial charge in [0.05, 0.1) is 6.10 Å². The SMILES string of the molecule is CC1C2CC(O)C(C)(N2)OC1O. The molecule has 2 saturated heterocycles. The minimum absolute atomic E-state index is 0.0511. The summed E-state index contributed by atoms with van der Waals surface area (Å²) in [6.07, 6.45) is -0.602. The van der Waals surface area contributed by atoms with E-state index < -0.39 is 18.1 Å². The summed E-state index contributed by atoms with van der Waals surface area (Å²) in [4.78, 5) is 0. The van der Waals surface area contributed by atoms with E-state index in [1.807, 2.05) is 6.92 Å². The van der Waals surface area contributed by atoms with Gasteiger partial charge in [0, 0.05) is 12.0 Å². The predicted octanol–water partition coefficient (Wildman–Crippen LogP) is -0.590. The van der Waals surface area contributed by atoms with Crippen molar-refractivity contribution in [2.75, 3.05) is 0 Å². The number of aliphatic hydroxyl groups is 2. The number of hydrogen-bond acceptors (Lipinski definition) is 4. The summed E-state index contributed by atoms with van der Waals surface area (Å²) in [6, 6.07) is 0.175. The minimum atomic E-state index is -0.751. The molecule has 0 spiro atoms. The van der Waals surface area contributed by atoms with Gasteiger partial charge < -0.3 is 14.9 Å². The summed E-state index contributed by atoms with van der Waals surface area (Å²) in [5.41, 5.74) is -0.739. The van der Waals surface area contributed by atoms with Gasteiger partial charge >= 0.3 is 0 Å². The van der Waals surface area contributed by atoms with E-state index in [1.54, 1.807) is 6.92 Å². The molecule has 70 valence electrons. The zero-order valence-corrected chi connectivity index (χ0v) is 7.32. The molecule has 4 heteroatoms. The second-order valence-corrected chi connectivity index (χ2v) is 3.98. The molecule has 2 aliphatic heterocycles. The van der Waals surface area contributed by atoms with Crippen LogP contribution < -0.4 is 5.32 Å². The molecular weight excluding hydrogens is 158 g/mol. The molecule has 0 aromatic heterocycles. The minimum Gasteiger partial charge on any atom is -0.389 e. The monoisotopic (exact) mass is 173 g/mol. The maximum absolute atomic E-state index is 9.60. The van der Waals surface area contributed by atoms with Crippen molar-refractivity contribution in [1.29, 1.82) is 0 Å². The molecular formula is C8H15NO3. The van der Waals surface area contributed by atoms with Crippen LogP contribution in [-0.4, -0.2) is 34.4 Å². The maximum Gasteiger partial charge on any atom is 0.161 e. The first-order valence-corrected chi connectivity index (χ1v) is 4.34. The lowest BCUT2D eigenvalue weighted by atomic mass is 10.00. The molecule has 2 bridgehead atoms. The highest BCUT2D eigenvalue weighted by Gasteiger charge is 2.52. The van der Waals surface area contributed by atoms with Crippen molar-refractivity contribution < 1.29 is 14.9 Å². The lowest BCUT2D eigenvalue weighted by molar-refractivity contribution is -0.249. The van der Waals surface area contributed by atoms with E-state index in [-0.39, 0.29) is 12.0 Å². The Morgan fingerprint density at radius 1 is 1.50 bits per heavy atom. The Kier molecular flexibility index (Phi) is 1.70. The van der Waals surface area contributed by atoms with E-state index in [2.05, 4.69) is 5.32 Å². The van der Waals surface area contributed by atoms with E-state index in [0.29, 0.717) is 6.42 Å². The molecule has 5 unspecified atom stereocenters. The highest BCUT2D eigenvalue weighted by atomic mass is 16.6. The Balaban J connectivity index is 2.22. The van der Waals surface area contributed by atoms with Gasteiger partial charge in [0.2, 0.25) is 0 Å². The molecule has 12 heavy (non-hydrogen) atoms. The fourth-order valence-electron chi connectivity index (χ4n) is 2.00. The average molecular weight is 173 g/mol. The smallest absolute Gasteiger partial charge is 0.161 e. The van der Waals surface area contributed by atoms with Gasteiger partial charge in [-0.2, -0.15) is 0 Å². The third-order valence-corrected chi connectivity index (χ3v) is 3.04. The van der Waals surface area contributed by atoms with Crippen molar-refractivity contribution in [1.82, 2.24) is 5.32 Å². The van der Waals surface area contributed by atoms with Crippen molar-refractivity contribution in [3.8, 4) is 0 Å². The van der Waals surface area contributed by atoms with Crippen LogP contribution in [0.4, 0.5) is 0 Å². The summed E-state index contributed by atoms with van der Waals surface area (Å²) in [5, 5.41) is 22.2. The Bertz CT molecular complexity index is 199. The number of hydrogen-bond donors (Lipinski definition) is 3. The van der Waals surface area contributed by atoms with Crippen LogP contribution in [0.2, 0.25) is 0 Å². The number of ether oxygens (including phenoxy) is 1. The Morgan fingerprint density at radius 3 is 2.83 bits per heavy atom. The molecule has 4 nitrogen and oxygen atoms in total. The summed E-state index contributed by atoms with van der Waals surface area (Å²) in [6.45, 7) is 3.69. The topological polar surface area (TPSA) is 61.7 Å². The number of fused-ring (bicyclic) bond motifs is 2. The summed E-state index contributed by atoms with van der Waals surface area (Å²) < 4.78 is 5.28. The van der Waals surface area contributed by atoms with Crippen LogP contribution in [-0.2, 0) is 4.74 Å². The van der Waals surface area contributed by atoms with Crippen LogP contribution in [0.1, 0.15) is 20.3 Å². The van der Waals surface area contributed by atoms with Gasteiger partial charge in [0.15, 0.2) is 6.29 Å². The fraction of sp³-hybridized carbons (Fsp3) is 1.00. The van der Waals surface area contributed by atoms with Crippen LogP contribution in [0.25, 0.3) is 0 Å². The van der Waals surface area contributed by atoms with Crippen molar-refractivity contribution in [2.24, 2.45) is 5.92 Å². The second-order valence-electron chi connectivity index (χ2n) is 3.98. The molecule has 0 saturated carbocycles. The molecule has 0 amide bonds. The lowest BCUT2D eigenvalue weighted by Gasteiger charge is -2.39. The van der Waals surface area contributed by atoms with E-state index in [1.165, 1.54) is 0 Å². The van der Waals surface area contributed by atoms with Crippen molar-refractivity contribution in [2.45, 2.75) is 44.4 Å². The van der Waals surface area contributed by atoms with Crippen LogP contribution in [0.15, 0.2) is 0 Å². The molecule has 5 atom stereocenters. The third-order valence-electron chi connectivity index (χ3n) is 3.04. The molecule has 0 radical (unpaired) electrons.